The van der Waals surface area contributed by atoms with Crippen LogP contribution >= 0.6 is 0 Å². The number of nitrogens with one attached hydrogen (secondary N) is 3. The summed E-state index contributed by atoms with van der Waals surface area (Å²) in [6, 6.07) is 5.09. The molecule has 0 unspecified atom stereocenters. The zero-order valence-corrected chi connectivity index (χ0v) is 19.4. The monoisotopic (exact) mass is 489 g/mol. The molecular formula is C23H26F3N7O2. The fraction of sp³-hybridized carbons (Fsp3) is 0.435. The van der Waals surface area contributed by atoms with Gasteiger partial charge in [0.2, 0.25) is 5.95 Å². The fourth-order valence-electron chi connectivity index (χ4n) is 4.08. The number of fused-ring (bicyclic) bond motifs is 1. The smallest absolute Gasteiger partial charge is 0.418 e. The Balaban J connectivity index is 1.43. The normalized spacial score (nSPS) is 17.0. The van der Waals surface area contributed by atoms with Gasteiger partial charge in [-0.3, -0.25) is 4.79 Å². The number of alkyl halides is 3. The molecule has 2 fully saturated rings. The van der Waals surface area contributed by atoms with Gasteiger partial charge in [0, 0.05) is 44.0 Å². The molecule has 1 amide bonds. The molecule has 9 nitrogen and oxygen atoms in total. The Bertz CT molecular complexity index is 1250. The van der Waals surface area contributed by atoms with E-state index in [2.05, 4.69) is 30.5 Å². The van der Waals surface area contributed by atoms with E-state index in [1.807, 2.05) is 7.05 Å². The highest BCUT2D eigenvalue weighted by molar-refractivity contribution is 5.96. The number of rotatable bonds is 6. The number of hydrogen-bond acceptors (Lipinski definition) is 7. The van der Waals surface area contributed by atoms with Gasteiger partial charge in [0.25, 0.3) is 5.91 Å². The average molecular weight is 490 g/mol. The van der Waals surface area contributed by atoms with Gasteiger partial charge in [0.1, 0.15) is 17.2 Å². The standard InChI is InChI=1S/C23H26F3N7O2/c1-32-7-9-33(10-8-32)21(34)13-3-6-16(17(11-13)35-2)29-22-30-19-18(15(12-27-19)23(24,25)26)20(31-22)28-14-4-5-14/h3,6,11-12,14H,4-5,7-10H2,1-2H3,(H3,27,28,29,30,31). The SMILES string of the molecule is COc1cc(C(=O)N2CCN(C)CC2)ccc1Nc1nc(NC2CC2)c2c(C(F)(F)F)c[nH]c2n1. The molecule has 2 aliphatic rings. The number of nitrogens with zero attached hydrogens (tertiary/aromatic N) is 4. The molecule has 0 radical (unpaired) electrons. The lowest BCUT2D eigenvalue weighted by Gasteiger charge is -2.32. The van der Waals surface area contributed by atoms with E-state index < -0.39 is 11.7 Å². The summed E-state index contributed by atoms with van der Waals surface area (Å²) in [6.07, 6.45) is -1.89. The van der Waals surface area contributed by atoms with Crippen LogP contribution in [-0.2, 0) is 6.18 Å². The summed E-state index contributed by atoms with van der Waals surface area (Å²) in [7, 11) is 3.50. The van der Waals surface area contributed by atoms with Crippen molar-refractivity contribution in [2.24, 2.45) is 0 Å². The molecule has 1 aromatic carbocycles. The Morgan fingerprint density at radius 1 is 1.17 bits per heavy atom. The number of carbonyl (C=O) groups excluding carboxylic acids is 1. The predicted molar refractivity (Wildman–Crippen MR) is 125 cm³/mol. The van der Waals surface area contributed by atoms with Crippen LogP contribution in [0.3, 0.4) is 0 Å². The van der Waals surface area contributed by atoms with Crippen molar-refractivity contribution < 1.29 is 22.7 Å². The first-order valence-electron chi connectivity index (χ1n) is 11.4. The van der Waals surface area contributed by atoms with Crippen LogP contribution in [0.2, 0.25) is 0 Å². The van der Waals surface area contributed by atoms with Crippen molar-refractivity contribution in [2.45, 2.75) is 25.1 Å². The van der Waals surface area contributed by atoms with Gasteiger partial charge < -0.3 is 30.2 Å². The maximum absolute atomic E-state index is 13.5. The number of H-pyrrole nitrogens is 1. The molecule has 186 valence electrons. The van der Waals surface area contributed by atoms with Crippen LogP contribution in [0.25, 0.3) is 11.0 Å². The molecule has 3 N–H and O–H groups in total. The minimum atomic E-state index is -4.54. The predicted octanol–water partition coefficient (Wildman–Crippen LogP) is 3.69. The minimum Gasteiger partial charge on any atom is -0.495 e. The Kier molecular flexibility index (Phi) is 5.91. The van der Waals surface area contributed by atoms with Gasteiger partial charge in [-0.25, -0.2) is 0 Å². The summed E-state index contributed by atoms with van der Waals surface area (Å²) < 4.78 is 46.0. The zero-order valence-electron chi connectivity index (χ0n) is 19.4. The van der Waals surface area contributed by atoms with Gasteiger partial charge in [0.15, 0.2) is 0 Å². The first-order chi connectivity index (χ1) is 16.7. The molecule has 0 atom stereocenters. The van der Waals surface area contributed by atoms with Gasteiger partial charge in [-0.2, -0.15) is 23.1 Å². The molecule has 35 heavy (non-hydrogen) atoms. The number of halogens is 3. The largest absolute Gasteiger partial charge is 0.495 e. The van der Waals surface area contributed by atoms with Crippen molar-refractivity contribution in [1.29, 1.82) is 0 Å². The summed E-state index contributed by atoms with van der Waals surface area (Å²) in [6.45, 7) is 2.93. The van der Waals surface area contributed by atoms with E-state index in [0.29, 0.717) is 30.1 Å². The third-order valence-corrected chi connectivity index (χ3v) is 6.24. The molecule has 3 heterocycles. The molecule has 1 saturated heterocycles. The summed E-state index contributed by atoms with van der Waals surface area (Å²) >= 11 is 0. The van der Waals surface area contributed by atoms with E-state index in [-0.39, 0.29) is 34.7 Å². The number of methoxy groups -OCH3 is 1. The van der Waals surface area contributed by atoms with Crippen LogP contribution in [-0.4, -0.2) is 77.0 Å². The van der Waals surface area contributed by atoms with Crippen molar-refractivity contribution in [3.05, 3.63) is 35.5 Å². The third-order valence-electron chi connectivity index (χ3n) is 6.24. The number of benzene rings is 1. The van der Waals surface area contributed by atoms with Gasteiger partial charge in [-0.05, 0) is 38.1 Å². The van der Waals surface area contributed by atoms with Crippen molar-refractivity contribution in [3.8, 4) is 5.75 Å². The second kappa shape index (κ2) is 8.91. The van der Waals surface area contributed by atoms with Crippen LogP contribution in [0.15, 0.2) is 24.4 Å². The number of ether oxygens (including phenoxy) is 1. The van der Waals surface area contributed by atoms with Crippen LogP contribution in [0.1, 0.15) is 28.8 Å². The second-order valence-corrected chi connectivity index (χ2v) is 8.87. The maximum Gasteiger partial charge on any atom is 0.418 e. The average Bonchev–Trinajstić information content (AvgIpc) is 3.53. The molecule has 1 aliphatic heterocycles. The number of hydrogen-bond donors (Lipinski definition) is 3. The highest BCUT2D eigenvalue weighted by atomic mass is 19.4. The number of anilines is 3. The Hall–Kier alpha value is -3.54. The molecule has 0 bridgehead atoms. The van der Waals surface area contributed by atoms with Crippen molar-refractivity contribution in [3.63, 3.8) is 0 Å². The highest BCUT2D eigenvalue weighted by Gasteiger charge is 2.36. The van der Waals surface area contributed by atoms with Crippen molar-refractivity contribution >= 4 is 34.4 Å². The number of piperazine rings is 1. The maximum atomic E-state index is 13.5. The number of aromatic amines is 1. The number of carbonyl (C=O) groups is 1. The lowest BCUT2D eigenvalue weighted by Crippen LogP contribution is -2.47. The topological polar surface area (TPSA) is 98.4 Å². The molecular weight excluding hydrogens is 463 g/mol. The van der Waals surface area contributed by atoms with Crippen LogP contribution in [0.4, 0.5) is 30.6 Å². The summed E-state index contributed by atoms with van der Waals surface area (Å²) in [5.74, 6) is 0.539. The first-order valence-corrected chi connectivity index (χ1v) is 11.4. The van der Waals surface area contributed by atoms with E-state index in [0.717, 1.165) is 32.1 Å². The van der Waals surface area contributed by atoms with Crippen molar-refractivity contribution in [1.82, 2.24) is 24.8 Å². The van der Waals surface area contributed by atoms with Crippen LogP contribution in [0, 0.1) is 0 Å². The molecule has 5 rings (SSSR count). The molecule has 0 spiro atoms. The minimum absolute atomic E-state index is 0.0683. The summed E-state index contributed by atoms with van der Waals surface area (Å²) in [5.41, 5.74) is 0.232. The van der Waals surface area contributed by atoms with Crippen LogP contribution < -0.4 is 15.4 Å². The first kappa shape index (κ1) is 23.2. The number of amides is 1. The fourth-order valence-corrected chi connectivity index (χ4v) is 4.08. The van der Waals surface area contributed by atoms with Crippen LogP contribution in [0.5, 0.6) is 5.75 Å². The zero-order chi connectivity index (χ0) is 24.7. The lowest BCUT2D eigenvalue weighted by molar-refractivity contribution is -0.136. The van der Waals surface area contributed by atoms with E-state index in [4.69, 9.17) is 4.74 Å². The van der Waals surface area contributed by atoms with E-state index in [1.54, 1.807) is 23.1 Å². The highest BCUT2D eigenvalue weighted by Crippen LogP contribution is 2.39. The number of likely N-dealkylation sites (N-methyl/N-ethyl adjacent to an activating group) is 1. The molecule has 12 heteroatoms. The second-order valence-electron chi connectivity index (χ2n) is 8.87. The molecule has 1 aliphatic carbocycles. The van der Waals surface area contributed by atoms with E-state index >= 15 is 0 Å². The molecule has 1 saturated carbocycles. The Morgan fingerprint density at radius 2 is 1.91 bits per heavy atom. The van der Waals surface area contributed by atoms with Gasteiger partial charge in [0.05, 0.1) is 23.7 Å². The summed E-state index contributed by atoms with van der Waals surface area (Å²) in [5, 5.41) is 6.02. The van der Waals surface area contributed by atoms with Gasteiger partial charge >= 0.3 is 6.18 Å². The molecule has 2 aromatic heterocycles. The summed E-state index contributed by atoms with van der Waals surface area (Å²) in [4.78, 5) is 28.1. The van der Waals surface area contributed by atoms with E-state index in [9.17, 15) is 18.0 Å². The third kappa shape index (κ3) is 4.83. The van der Waals surface area contributed by atoms with Crippen molar-refractivity contribution in [2.75, 3.05) is 51.0 Å². The van der Waals surface area contributed by atoms with Gasteiger partial charge in [-0.1, -0.05) is 0 Å². The lowest BCUT2D eigenvalue weighted by atomic mass is 10.1. The molecule has 3 aromatic rings. The van der Waals surface area contributed by atoms with E-state index in [1.165, 1.54) is 7.11 Å². The Labute approximate surface area is 199 Å². The quantitative estimate of drug-likeness (QED) is 0.486. The van der Waals surface area contributed by atoms with Gasteiger partial charge in [-0.15, -0.1) is 0 Å². The number of aromatic nitrogens is 3. The Morgan fingerprint density at radius 3 is 2.57 bits per heavy atom.